The summed E-state index contributed by atoms with van der Waals surface area (Å²) in [4.78, 5) is 8.72. The van der Waals surface area contributed by atoms with Gasteiger partial charge in [-0.1, -0.05) is 64.5 Å². The van der Waals surface area contributed by atoms with E-state index in [1.165, 1.54) is 0 Å². The SMILES string of the molecule is CC1CNCCN1S(=O)(=O)c1cccc2cnccc12.O=S(=O)(NCCNCC=Cc1ccc(Br)cc1)c1cccc2cnccc12. The van der Waals surface area contributed by atoms with Crippen LogP contribution in [0.1, 0.15) is 12.5 Å². The molecule has 1 aliphatic heterocycles. The zero-order chi connectivity index (χ0) is 33.3. The predicted molar refractivity (Wildman–Crippen MR) is 191 cm³/mol. The zero-order valence-corrected chi connectivity index (χ0v) is 29.1. The lowest BCUT2D eigenvalue weighted by Gasteiger charge is -2.33. The van der Waals surface area contributed by atoms with Crippen molar-refractivity contribution in [2.45, 2.75) is 22.8 Å². The first kappa shape index (κ1) is 34.8. The van der Waals surface area contributed by atoms with E-state index in [0.29, 0.717) is 49.6 Å². The molecule has 0 spiro atoms. The van der Waals surface area contributed by atoms with Crippen LogP contribution in [0.25, 0.3) is 27.6 Å². The van der Waals surface area contributed by atoms with E-state index in [1.54, 1.807) is 65.5 Å². The van der Waals surface area contributed by atoms with Crippen LogP contribution >= 0.6 is 15.9 Å². The van der Waals surface area contributed by atoms with Crippen molar-refractivity contribution in [1.82, 2.24) is 29.6 Å². The fraction of sp³-hybridized carbons (Fsp3) is 0.235. The number of fused-ring (bicyclic) bond motifs is 2. The van der Waals surface area contributed by atoms with Crippen molar-refractivity contribution < 1.29 is 16.8 Å². The third-order valence-electron chi connectivity index (χ3n) is 7.63. The van der Waals surface area contributed by atoms with E-state index in [-0.39, 0.29) is 10.9 Å². The number of piperazine rings is 1. The second kappa shape index (κ2) is 16.0. The van der Waals surface area contributed by atoms with E-state index in [1.807, 2.05) is 55.5 Å². The van der Waals surface area contributed by atoms with E-state index in [0.717, 1.165) is 26.2 Å². The van der Waals surface area contributed by atoms with Gasteiger partial charge in [-0.05, 0) is 48.9 Å². The Morgan fingerprint density at radius 1 is 0.872 bits per heavy atom. The van der Waals surface area contributed by atoms with E-state index < -0.39 is 20.0 Å². The lowest BCUT2D eigenvalue weighted by Crippen LogP contribution is -2.52. The highest BCUT2D eigenvalue weighted by atomic mass is 79.9. The third-order valence-corrected chi connectivity index (χ3v) is 11.8. The Bertz CT molecular complexity index is 2050. The highest BCUT2D eigenvalue weighted by Crippen LogP contribution is 2.27. The third kappa shape index (κ3) is 8.87. The molecular formula is C34H37BrN6O4S2. The first-order valence-corrected chi connectivity index (χ1v) is 18.9. The molecule has 0 aliphatic carbocycles. The summed E-state index contributed by atoms with van der Waals surface area (Å²) in [6.07, 6.45) is 10.6. The molecule has 1 atom stereocenters. The standard InChI is InChI=1S/C20H20BrN3O2S.C14H17N3O2S/c21-18-8-6-16(7-9-18)3-2-11-22-13-14-24-27(25,26)20-5-1-4-17-15-23-12-10-19(17)20;1-11-9-16-7-8-17(11)20(18,19)14-4-2-3-12-10-15-6-5-13(12)14/h1-10,12,15,22,24H,11,13-14H2;2-6,10-11,16H,7-9H2,1H3. The second-order valence-electron chi connectivity index (χ2n) is 10.9. The summed E-state index contributed by atoms with van der Waals surface area (Å²) in [7, 11) is -7.04. The Balaban J connectivity index is 0.000000193. The number of nitrogens with zero attached hydrogens (tertiary/aromatic N) is 3. The smallest absolute Gasteiger partial charge is 0.244 e. The van der Waals surface area contributed by atoms with Crippen molar-refractivity contribution in [3.63, 3.8) is 0 Å². The molecule has 1 fully saturated rings. The first-order chi connectivity index (χ1) is 22.7. The molecule has 1 aliphatic rings. The minimum Gasteiger partial charge on any atom is -0.314 e. The molecule has 3 heterocycles. The van der Waals surface area contributed by atoms with Crippen molar-refractivity contribution in [3.8, 4) is 0 Å². The number of rotatable bonds is 10. The second-order valence-corrected chi connectivity index (χ2v) is 15.4. The maximum Gasteiger partial charge on any atom is 0.244 e. The van der Waals surface area contributed by atoms with Gasteiger partial charge in [-0.25, -0.2) is 21.6 Å². The summed E-state index contributed by atoms with van der Waals surface area (Å²) in [5, 5.41) is 9.45. The van der Waals surface area contributed by atoms with Crippen LogP contribution in [0.3, 0.4) is 0 Å². The number of hydrogen-bond donors (Lipinski definition) is 3. The molecule has 13 heteroatoms. The molecule has 5 aromatic rings. The number of benzene rings is 3. The average Bonchev–Trinajstić information content (AvgIpc) is 3.08. The fourth-order valence-corrected chi connectivity index (χ4v) is 8.63. The van der Waals surface area contributed by atoms with Crippen molar-refractivity contribution in [3.05, 3.63) is 114 Å². The van der Waals surface area contributed by atoms with Crippen LogP contribution in [0.4, 0.5) is 0 Å². The highest BCUT2D eigenvalue weighted by molar-refractivity contribution is 9.10. The van der Waals surface area contributed by atoms with Crippen LogP contribution in [-0.2, 0) is 20.0 Å². The number of hydrogen-bond acceptors (Lipinski definition) is 8. The van der Waals surface area contributed by atoms with Crippen molar-refractivity contribution in [1.29, 1.82) is 0 Å². The van der Waals surface area contributed by atoms with Crippen LogP contribution in [-0.4, -0.2) is 76.4 Å². The van der Waals surface area contributed by atoms with Crippen molar-refractivity contribution >= 4 is 63.6 Å². The van der Waals surface area contributed by atoms with Gasteiger partial charge in [0.15, 0.2) is 0 Å². The molecule has 0 radical (unpaired) electrons. The molecule has 6 rings (SSSR count). The number of sulfonamides is 2. The van der Waals surface area contributed by atoms with Crippen LogP contribution in [0.2, 0.25) is 0 Å². The minimum absolute atomic E-state index is 0.0363. The summed E-state index contributed by atoms with van der Waals surface area (Å²) in [5.41, 5.74) is 1.12. The van der Waals surface area contributed by atoms with E-state index in [9.17, 15) is 16.8 Å². The van der Waals surface area contributed by atoms with E-state index in [2.05, 4.69) is 41.3 Å². The quantitative estimate of drug-likeness (QED) is 0.174. The molecule has 1 saturated heterocycles. The largest absolute Gasteiger partial charge is 0.314 e. The lowest BCUT2D eigenvalue weighted by atomic mass is 10.2. The fourth-order valence-electron chi connectivity index (χ4n) is 5.26. The van der Waals surface area contributed by atoms with Crippen molar-refractivity contribution in [2.75, 3.05) is 39.3 Å². The molecule has 246 valence electrons. The summed E-state index contributed by atoms with van der Waals surface area (Å²) in [6.45, 7) is 5.33. The van der Waals surface area contributed by atoms with Gasteiger partial charge < -0.3 is 10.6 Å². The maximum absolute atomic E-state index is 12.9. The Kier molecular flexibility index (Phi) is 11.9. The van der Waals surface area contributed by atoms with Gasteiger partial charge >= 0.3 is 0 Å². The van der Waals surface area contributed by atoms with E-state index >= 15 is 0 Å². The maximum atomic E-state index is 12.9. The molecule has 3 N–H and O–H groups in total. The molecule has 0 amide bonds. The topological polar surface area (TPSA) is 133 Å². The normalized spacial score (nSPS) is 15.9. The van der Waals surface area contributed by atoms with Gasteiger partial charge in [0, 0.05) is 96.1 Å². The highest BCUT2D eigenvalue weighted by Gasteiger charge is 2.31. The minimum atomic E-state index is -3.57. The van der Waals surface area contributed by atoms with Crippen LogP contribution in [0.5, 0.6) is 0 Å². The Hall–Kier alpha value is -3.56. The van der Waals surface area contributed by atoms with Gasteiger partial charge in [0.05, 0.1) is 9.79 Å². The van der Waals surface area contributed by atoms with Crippen LogP contribution in [0, 0.1) is 0 Å². The zero-order valence-electron chi connectivity index (χ0n) is 25.9. The molecule has 10 nitrogen and oxygen atoms in total. The molecule has 47 heavy (non-hydrogen) atoms. The first-order valence-electron chi connectivity index (χ1n) is 15.2. The predicted octanol–water partition coefficient (Wildman–Crippen LogP) is 4.80. The number of aromatic nitrogens is 2. The van der Waals surface area contributed by atoms with Gasteiger partial charge in [0.1, 0.15) is 0 Å². The van der Waals surface area contributed by atoms with E-state index in [4.69, 9.17) is 0 Å². The van der Waals surface area contributed by atoms with Gasteiger partial charge in [-0.15, -0.1) is 0 Å². The number of nitrogens with one attached hydrogen (secondary N) is 3. The Labute approximate surface area is 284 Å². The van der Waals surface area contributed by atoms with Gasteiger partial charge in [-0.2, -0.15) is 4.31 Å². The monoisotopic (exact) mass is 736 g/mol. The summed E-state index contributed by atoms with van der Waals surface area (Å²) < 4.78 is 56.2. The van der Waals surface area contributed by atoms with Crippen LogP contribution in [0.15, 0.2) is 118 Å². The molecule has 1 unspecified atom stereocenters. The van der Waals surface area contributed by atoms with Crippen LogP contribution < -0.4 is 15.4 Å². The average molecular weight is 738 g/mol. The molecule has 2 aromatic heterocycles. The molecular weight excluding hydrogens is 700 g/mol. The number of halogens is 1. The Morgan fingerprint density at radius 2 is 1.51 bits per heavy atom. The van der Waals surface area contributed by atoms with Gasteiger partial charge in [0.25, 0.3) is 0 Å². The molecule has 0 saturated carbocycles. The lowest BCUT2D eigenvalue weighted by molar-refractivity contribution is 0.284. The van der Waals surface area contributed by atoms with Gasteiger partial charge in [-0.3, -0.25) is 9.97 Å². The molecule has 3 aromatic carbocycles. The van der Waals surface area contributed by atoms with Crippen molar-refractivity contribution in [2.24, 2.45) is 0 Å². The molecule has 0 bridgehead atoms. The van der Waals surface area contributed by atoms with Gasteiger partial charge in [0.2, 0.25) is 20.0 Å². The summed E-state index contributed by atoms with van der Waals surface area (Å²) in [6, 6.07) is 22.0. The summed E-state index contributed by atoms with van der Waals surface area (Å²) >= 11 is 3.41. The Morgan fingerprint density at radius 3 is 2.17 bits per heavy atom. The number of pyridine rings is 2. The summed E-state index contributed by atoms with van der Waals surface area (Å²) in [5.74, 6) is 0.